The maximum absolute atomic E-state index is 12.9. The summed E-state index contributed by atoms with van der Waals surface area (Å²) in [5.41, 5.74) is 10.7. The Kier molecular flexibility index (Phi) is 6.94. The maximum Gasteiger partial charge on any atom is 0.492 e. The average Bonchev–Trinajstić information content (AvgIpc) is 3.30. The second-order valence-corrected chi connectivity index (χ2v) is 10.8. The van der Waals surface area contributed by atoms with Gasteiger partial charge in [-0.3, -0.25) is 0 Å². The molecule has 196 valence electrons. The number of nitrogens with one attached hydrogen (secondary N) is 1. The number of ether oxygens (including phenoxy) is 1. The lowest BCUT2D eigenvalue weighted by Crippen LogP contribution is -2.41. The molecule has 1 aromatic heterocycles. The summed E-state index contributed by atoms with van der Waals surface area (Å²) in [6.07, 6.45) is 2.72. The van der Waals surface area contributed by atoms with Gasteiger partial charge < -0.3 is 25.1 Å². The third kappa shape index (κ3) is 5.01. The van der Waals surface area contributed by atoms with E-state index in [0.717, 1.165) is 11.1 Å². The van der Waals surface area contributed by atoms with Gasteiger partial charge in [0.25, 0.3) is 0 Å². The molecule has 0 saturated carbocycles. The fourth-order valence-electron chi connectivity index (χ4n) is 4.71. The van der Waals surface area contributed by atoms with Crippen LogP contribution in [0.15, 0.2) is 60.2 Å². The minimum Gasteiger partial charge on any atom is -0.449 e. The number of hydrogen-bond donors (Lipinski definition) is 2. The van der Waals surface area contributed by atoms with E-state index in [-0.39, 0.29) is 30.2 Å². The van der Waals surface area contributed by atoms with E-state index in [0.29, 0.717) is 11.0 Å². The van der Waals surface area contributed by atoms with Crippen molar-refractivity contribution in [2.24, 2.45) is 0 Å². The molecular formula is C28H30BClN4O4. The van der Waals surface area contributed by atoms with Crippen molar-refractivity contribution in [3.05, 3.63) is 82.2 Å². The molecule has 2 aliphatic rings. The Morgan fingerprint density at radius 3 is 2.24 bits per heavy atom. The number of carbonyl (C=O) groups is 1. The first-order valence-corrected chi connectivity index (χ1v) is 12.9. The van der Waals surface area contributed by atoms with E-state index >= 15 is 0 Å². The van der Waals surface area contributed by atoms with Crippen molar-refractivity contribution in [3.63, 3.8) is 0 Å². The molecule has 38 heavy (non-hydrogen) atoms. The smallest absolute Gasteiger partial charge is 0.449 e. The Labute approximate surface area is 227 Å². The van der Waals surface area contributed by atoms with E-state index in [1.165, 1.54) is 17.3 Å². The number of aromatic nitrogens is 2. The number of fused-ring (bicyclic) bond motifs is 3. The van der Waals surface area contributed by atoms with Gasteiger partial charge in [-0.2, -0.15) is 0 Å². The number of amides is 1. The van der Waals surface area contributed by atoms with Crippen LogP contribution in [0.3, 0.4) is 0 Å². The van der Waals surface area contributed by atoms with Crippen molar-refractivity contribution in [3.8, 4) is 11.1 Å². The van der Waals surface area contributed by atoms with E-state index in [1.54, 1.807) is 6.08 Å². The van der Waals surface area contributed by atoms with E-state index in [1.807, 2.05) is 52.0 Å². The second kappa shape index (κ2) is 10.1. The first kappa shape index (κ1) is 26.2. The number of anilines is 1. The van der Waals surface area contributed by atoms with Crippen LogP contribution < -0.4 is 11.1 Å². The lowest BCUT2D eigenvalue weighted by molar-refractivity contribution is 0.00578. The predicted molar refractivity (Wildman–Crippen MR) is 149 cm³/mol. The van der Waals surface area contributed by atoms with E-state index in [9.17, 15) is 4.79 Å². The van der Waals surface area contributed by atoms with Crippen LogP contribution >= 0.6 is 11.6 Å². The normalized spacial score (nSPS) is 17.7. The van der Waals surface area contributed by atoms with Gasteiger partial charge in [-0.15, -0.1) is 0 Å². The largest absolute Gasteiger partial charge is 0.492 e. The predicted octanol–water partition coefficient (Wildman–Crippen LogP) is 5.27. The van der Waals surface area contributed by atoms with Crippen LogP contribution in [0.2, 0.25) is 5.28 Å². The topological polar surface area (TPSA) is 109 Å². The Balaban J connectivity index is 1.31. The number of halogens is 1. The van der Waals surface area contributed by atoms with Crippen molar-refractivity contribution < 1.29 is 18.8 Å². The molecule has 2 aromatic carbocycles. The number of nitrogens with zero attached hydrogens (tertiary/aromatic N) is 2. The Morgan fingerprint density at radius 2 is 1.66 bits per heavy atom. The molecule has 0 bridgehead atoms. The lowest BCUT2D eigenvalue weighted by atomic mass is 9.77. The summed E-state index contributed by atoms with van der Waals surface area (Å²) in [6, 6.07) is 16.4. The monoisotopic (exact) mass is 532 g/mol. The molecule has 0 spiro atoms. The maximum atomic E-state index is 12.9. The lowest BCUT2D eigenvalue weighted by Gasteiger charge is -2.32. The Morgan fingerprint density at radius 1 is 1.08 bits per heavy atom. The average molecular weight is 533 g/mol. The van der Waals surface area contributed by atoms with Crippen molar-refractivity contribution in [2.75, 3.05) is 18.9 Å². The van der Waals surface area contributed by atoms with Gasteiger partial charge in [0, 0.05) is 24.2 Å². The molecule has 5 rings (SSSR count). The molecule has 3 aromatic rings. The van der Waals surface area contributed by atoms with E-state index in [4.69, 9.17) is 31.4 Å². The van der Waals surface area contributed by atoms with Gasteiger partial charge in [-0.25, -0.2) is 14.8 Å². The number of rotatable bonds is 6. The number of carbonyl (C=O) groups excluding carboxylic acids is 1. The third-order valence-corrected chi connectivity index (χ3v) is 7.68. The molecule has 1 aliphatic heterocycles. The highest BCUT2D eigenvalue weighted by Gasteiger charge is 2.52. The highest BCUT2D eigenvalue weighted by molar-refractivity contribution is 6.56. The van der Waals surface area contributed by atoms with E-state index < -0.39 is 24.4 Å². The number of hydrogen-bond acceptors (Lipinski definition) is 7. The van der Waals surface area contributed by atoms with Crippen LogP contribution in [0.1, 0.15) is 50.3 Å². The van der Waals surface area contributed by atoms with Crippen molar-refractivity contribution >= 4 is 36.7 Å². The van der Waals surface area contributed by atoms with Crippen LogP contribution in [-0.4, -0.2) is 47.5 Å². The molecule has 0 atom stereocenters. The highest BCUT2D eigenvalue weighted by Crippen LogP contribution is 2.44. The summed E-state index contributed by atoms with van der Waals surface area (Å²) in [4.78, 5) is 20.9. The molecular weight excluding hydrogens is 503 g/mol. The molecule has 1 saturated heterocycles. The van der Waals surface area contributed by atoms with Gasteiger partial charge in [0.05, 0.1) is 11.2 Å². The van der Waals surface area contributed by atoms with Gasteiger partial charge in [0.15, 0.2) is 0 Å². The van der Waals surface area contributed by atoms with Crippen molar-refractivity contribution in [2.45, 2.75) is 44.8 Å². The zero-order chi connectivity index (χ0) is 27.1. The fraction of sp³-hybridized carbons (Fsp3) is 0.321. The van der Waals surface area contributed by atoms with Gasteiger partial charge in [0.1, 0.15) is 12.4 Å². The van der Waals surface area contributed by atoms with Crippen molar-refractivity contribution in [1.29, 1.82) is 0 Å². The van der Waals surface area contributed by atoms with Gasteiger partial charge in [0.2, 0.25) is 5.28 Å². The highest BCUT2D eigenvalue weighted by atomic mass is 35.5. The summed E-state index contributed by atoms with van der Waals surface area (Å²) in [7, 11) is -0.719. The Bertz CT molecular complexity index is 1350. The van der Waals surface area contributed by atoms with Gasteiger partial charge in [-0.1, -0.05) is 54.6 Å². The van der Waals surface area contributed by atoms with Crippen LogP contribution in [0.4, 0.5) is 10.6 Å². The summed E-state index contributed by atoms with van der Waals surface area (Å²) in [5.74, 6) is 0.178. The minimum atomic E-state index is -0.719. The molecule has 8 nitrogen and oxygen atoms in total. The summed E-state index contributed by atoms with van der Waals surface area (Å²) < 4.78 is 18.1. The number of nitrogen functional groups attached to an aromatic ring is 1. The molecule has 1 aliphatic carbocycles. The number of nitrogens with two attached hydrogens (primary N) is 1. The number of benzene rings is 2. The summed E-state index contributed by atoms with van der Waals surface area (Å²) in [5, 5.41) is 2.89. The van der Waals surface area contributed by atoms with Gasteiger partial charge >= 0.3 is 13.2 Å². The zero-order valence-corrected chi connectivity index (χ0v) is 22.6. The summed E-state index contributed by atoms with van der Waals surface area (Å²) in [6.45, 7) is 8.17. The molecule has 0 radical (unpaired) electrons. The van der Waals surface area contributed by atoms with E-state index in [2.05, 4.69) is 39.6 Å². The van der Waals surface area contributed by atoms with Crippen LogP contribution in [0.5, 0.6) is 0 Å². The fourth-order valence-corrected chi connectivity index (χ4v) is 4.85. The summed E-state index contributed by atoms with van der Waals surface area (Å²) >= 11 is 5.86. The van der Waals surface area contributed by atoms with Crippen LogP contribution in [0.25, 0.3) is 17.2 Å². The standard InChI is InChI=1S/C28H30BClN4O4/c1-27(2)28(3,4)38-29(37-27)18(13-17-14-32-25(30)34-24(17)31)15-33-26(35)36-16-23-21-11-7-5-9-19(21)20-10-6-8-12-22(20)23/h5-14,23H,15-16H2,1-4H3,(H,33,35)(H2,31,32,34). The molecule has 10 heteroatoms. The molecule has 0 unspecified atom stereocenters. The van der Waals surface area contributed by atoms with Gasteiger partial charge in [-0.05, 0) is 67.0 Å². The number of alkyl carbamates (subject to hydrolysis) is 1. The zero-order valence-electron chi connectivity index (χ0n) is 21.8. The van der Waals surface area contributed by atoms with Crippen LogP contribution in [-0.2, 0) is 14.0 Å². The SMILES string of the molecule is CC1(C)OB(C(=Cc2cnc(Cl)nc2N)CNC(=O)OCC2c3ccccc3-c3ccccc32)OC1(C)C. The molecule has 3 N–H and O–H groups in total. The quantitative estimate of drug-likeness (QED) is 0.329. The molecule has 1 fully saturated rings. The van der Waals surface area contributed by atoms with Crippen LogP contribution in [0, 0.1) is 0 Å². The first-order chi connectivity index (χ1) is 18.1. The Hall–Kier alpha value is -3.40. The molecule has 1 amide bonds. The first-order valence-electron chi connectivity index (χ1n) is 12.5. The second-order valence-electron chi connectivity index (χ2n) is 10.5. The van der Waals surface area contributed by atoms with Crippen molar-refractivity contribution in [1.82, 2.24) is 15.3 Å². The minimum absolute atomic E-state index is 0.0303. The molecule has 2 heterocycles. The third-order valence-electron chi connectivity index (χ3n) is 7.50.